The highest BCUT2D eigenvalue weighted by atomic mass is 32.2. The Morgan fingerprint density at radius 1 is 1.18 bits per heavy atom. The molecule has 1 aromatic carbocycles. The molecule has 2 heterocycles. The maximum atomic E-state index is 12.5. The van der Waals surface area contributed by atoms with Gasteiger partial charge in [-0.2, -0.15) is 4.31 Å². The van der Waals surface area contributed by atoms with Crippen LogP contribution in [0.15, 0.2) is 29.2 Å². The Balaban J connectivity index is 1.70. The molecule has 0 radical (unpaired) electrons. The lowest BCUT2D eigenvalue weighted by Gasteiger charge is -2.41. The number of amides is 2. The average molecular weight is 340 g/mol. The van der Waals surface area contributed by atoms with Gasteiger partial charge in [0.05, 0.1) is 16.7 Å². The van der Waals surface area contributed by atoms with E-state index in [1.807, 2.05) is 6.92 Å². The Hall–Kier alpha value is -1.38. The predicted molar refractivity (Wildman–Crippen MR) is 83.1 cm³/mol. The summed E-state index contributed by atoms with van der Waals surface area (Å²) in [4.78, 5) is 24.7. The van der Waals surface area contributed by atoms with E-state index in [1.165, 1.54) is 9.21 Å². The van der Waals surface area contributed by atoms with Crippen molar-refractivity contribution in [1.82, 2.24) is 9.21 Å². The Morgan fingerprint density at radius 3 is 2.32 bits per heavy atom. The first kappa shape index (κ1) is 15.5. The average Bonchev–Trinajstić information content (AvgIpc) is 2.78. The summed E-state index contributed by atoms with van der Waals surface area (Å²) in [7, 11) is -3.55. The fraction of sp³-hybridized carbons (Fsp3) is 0.429. The number of rotatable bonds is 4. The van der Waals surface area contributed by atoms with Crippen LogP contribution in [-0.4, -0.2) is 53.7 Å². The number of hydrogen-bond donors (Lipinski definition) is 0. The molecule has 6 nitrogen and oxygen atoms in total. The van der Waals surface area contributed by atoms with Gasteiger partial charge in [0.15, 0.2) is 0 Å². The SMILES string of the molecule is CCc1ccc(S(=O)(=O)N2CC(N3C(=O)CSC3=O)C2)cc1. The highest BCUT2D eigenvalue weighted by Crippen LogP contribution is 2.29. The zero-order chi connectivity index (χ0) is 15.9. The molecule has 0 N–H and O–H groups in total. The fourth-order valence-corrected chi connectivity index (χ4v) is 4.83. The van der Waals surface area contributed by atoms with E-state index in [0.29, 0.717) is 0 Å². The van der Waals surface area contributed by atoms with Crippen molar-refractivity contribution in [2.45, 2.75) is 24.3 Å². The predicted octanol–water partition coefficient (Wildman–Crippen LogP) is 1.32. The van der Waals surface area contributed by atoms with Crippen LogP contribution in [0.4, 0.5) is 4.79 Å². The lowest BCUT2D eigenvalue weighted by Crippen LogP contribution is -2.61. The minimum absolute atomic E-state index is 0.153. The van der Waals surface area contributed by atoms with Crippen molar-refractivity contribution in [3.63, 3.8) is 0 Å². The minimum atomic E-state index is -3.55. The number of carbonyl (C=O) groups excluding carboxylic acids is 2. The van der Waals surface area contributed by atoms with Crippen LogP contribution in [0.2, 0.25) is 0 Å². The molecule has 1 aromatic rings. The molecule has 8 heteroatoms. The van der Waals surface area contributed by atoms with E-state index >= 15 is 0 Å². The van der Waals surface area contributed by atoms with Crippen molar-refractivity contribution in [2.75, 3.05) is 18.8 Å². The van der Waals surface area contributed by atoms with Gasteiger partial charge in [-0.25, -0.2) is 8.42 Å². The number of sulfonamides is 1. The molecule has 0 saturated carbocycles. The van der Waals surface area contributed by atoms with E-state index in [-0.39, 0.29) is 40.9 Å². The molecule has 2 amide bonds. The zero-order valence-corrected chi connectivity index (χ0v) is 13.7. The maximum Gasteiger partial charge on any atom is 0.289 e. The second-order valence-corrected chi connectivity index (χ2v) is 8.16. The largest absolute Gasteiger partial charge is 0.289 e. The number of thioether (sulfide) groups is 1. The van der Waals surface area contributed by atoms with Gasteiger partial charge >= 0.3 is 0 Å². The molecule has 0 unspecified atom stereocenters. The fourth-order valence-electron chi connectivity index (χ4n) is 2.54. The van der Waals surface area contributed by atoms with Crippen LogP contribution < -0.4 is 0 Å². The van der Waals surface area contributed by atoms with Crippen LogP contribution in [0.3, 0.4) is 0 Å². The van der Waals surface area contributed by atoms with E-state index in [1.54, 1.807) is 24.3 Å². The van der Waals surface area contributed by atoms with Crippen LogP contribution in [0.1, 0.15) is 12.5 Å². The monoisotopic (exact) mass is 340 g/mol. The number of hydrogen-bond acceptors (Lipinski definition) is 5. The standard InChI is InChI=1S/C14H16N2O4S2/c1-2-10-3-5-12(6-4-10)22(19,20)15-7-11(8-15)16-13(17)9-21-14(16)18/h3-6,11H,2,7-9H2,1H3. The van der Waals surface area contributed by atoms with Gasteiger partial charge in [-0.1, -0.05) is 30.8 Å². The van der Waals surface area contributed by atoms with Crippen molar-refractivity contribution >= 4 is 32.9 Å². The summed E-state index contributed by atoms with van der Waals surface area (Å²) in [5.74, 6) is -0.0787. The number of carbonyl (C=O) groups is 2. The molecule has 2 aliphatic heterocycles. The first-order chi connectivity index (χ1) is 10.4. The molecule has 3 rings (SSSR count). The molecule has 0 aromatic heterocycles. The Bertz CT molecular complexity index is 693. The summed E-state index contributed by atoms with van der Waals surface area (Å²) in [5.41, 5.74) is 1.07. The summed E-state index contributed by atoms with van der Waals surface area (Å²) in [6, 6.07) is 6.47. The first-order valence-corrected chi connectivity index (χ1v) is 9.44. The molecule has 0 bridgehead atoms. The number of aryl methyl sites for hydroxylation is 1. The summed E-state index contributed by atoms with van der Waals surface area (Å²) in [6.45, 7) is 2.36. The molecule has 0 aliphatic carbocycles. The van der Waals surface area contributed by atoms with Crippen molar-refractivity contribution in [1.29, 1.82) is 0 Å². The van der Waals surface area contributed by atoms with Crippen LogP contribution in [-0.2, 0) is 21.2 Å². The lowest BCUT2D eigenvalue weighted by atomic mass is 10.1. The summed E-state index contributed by atoms with van der Waals surface area (Å²) >= 11 is 0.970. The second-order valence-electron chi connectivity index (χ2n) is 5.29. The minimum Gasteiger partial charge on any atom is -0.273 e. The number of nitrogens with zero attached hydrogens (tertiary/aromatic N) is 2. The maximum absolute atomic E-state index is 12.5. The van der Waals surface area contributed by atoms with Gasteiger partial charge in [0.25, 0.3) is 5.24 Å². The summed E-state index contributed by atoms with van der Waals surface area (Å²) < 4.78 is 26.2. The highest BCUT2D eigenvalue weighted by Gasteiger charge is 2.45. The summed E-state index contributed by atoms with van der Waals surface area (Å²) in [5, 5.41) is -0.278. The summed E-state index contributed by atoms with van der Waals surface area (Å²) in [6.07, 6.45) is 0.850. The molecule has 2 saturated heterocycles. The van der Waals surface area contributed by atoms with Crippen molar-refractivity contribution in [3.8, 4) is 0 Å². The molecule has 0 atom stereocenters. The molecular weight excluding hydrogens is 324 g/mol. The van der Waals surface area contributed by atoms with Crippen LogP contribution in [0.25, 0.3) is 0 Å². The number of benzene rings is 1. The Morgan fingerprint density at radius 2 is 1.82 bits per heavy atom. The van der Waals surface area contributed by atoms with Crippen LogP contribution in [0.5, 0.6) is 0 Å². The van der Waals surface area contributed by atoms with E-state index in [0.717, 1.165) is 23.7 Å². The third-order valence-electron chi connectivity index (χ3n) is 3.95. The van der Waals surface area contributed by atoms with E-state index < -0.39 is 10.0 Å². The van der Waals surface area contributed by atoms with Gasteiger partial charge in [0.1, 0.15) is 0 Å². The van der Waals surface area contributed by atoms with E-state index in [9.17, 15) is 18.0 Å². The van der Waals surface area contributed by atoms with Crippen LogP contribution in [0, 0.1) is 0 Å². The van der Waals surface area contributed by atoms with Crippen molar-refractivity contribution < 1.29 is 18.0 Å². The third-order valence-corrected chi connectivity index (χ3v) is 6.63. The van der Waals surface area contributed by atoms with Gasteiger partial charge in [0.2, 0.25) is 15.9 Å². The van der Waals surface area contributed by atoms with Gasteiger partial charge in [-0.15, -0.1) is 0 Å². The second kappa shape index (κ2) is 5.68. The normalized spacial score (nSPS) is 20.5. The first-order valence-electron chi connectivity index (χ1n) is 7.01. The van der Waals surface area contributed by atoms with Gasteiger partial charge in [-0.3, -0.25) is 14.5 Å². The van der Waals surface area contributed by atoms with Gasteiger partial charge in [0, 0.05) is 13.1 Å². The third kappa shape index (κ3) is 2.55. The highest BCUT2D eigenvalue weighted by molar-refractivity contribution is 8.14. The molecule has 118 valence electrons. The molecular formula is C14H16N2O4S2. The van der Waals surface area contributed by atoms with E-state index in [2.05, 4.69) is 0 Å². The number of imide groups is 1. The molecule has 22 heavy (non-hydrogen) atoms. The molecule has 0 spiro atoms. The van der Waals surface area contributed by atoms with Crippen molar-refractivity contribution in [2.24, 2.45) is 0 Å². The van der Waals surface area contributed by atoms with E-state index in [4.69, 9.17) is 0 Å². The quantitative estimate of drug-likeness (QED) is 0.826. The van der Waals surface area contributed by atoms with Gasteiger partial charge < -0.3 is 0 Å². The Labute approximate surface area is 133 Å². The van der Waals surface area contributed by atoms with Gasteiger partial charge in [-0.05, 0) is 24.1 Å². The molecule has 2 aliphatic rings. The Kier molecular flexibility index (Phi) is 4.00. The lowest BCUT2D eigenvalue weighted by molar-refractivity contribution is -0.127. The van der Waals surface area contributed by atoms with Crippen LogP contribution >= 0.6 is 11.8 Å². The smallest absolute Gasteiger partial charge is 0.273 e. The topological polar surface area (TPSA) is 74.8 Å². The van der Waals surface area contributed by atoms with Crippen molar-refractivity contribution in [3.05, 3.63) is 29.8 Å². The molecule has 2 fully saturated rings. The zero-order valence-electron chi connectivity index (χ0n) is 12.1.